The molecule has 0 bridgehead atoms. The van der Waals surface area contributed by atoms with E-state index in [0.717, 1.165) is 6.42 Å². The summed E-state index contributed by atoms with van der Waals surface area (Å²) in [4.78, 5) is 10.1. The highest BCUT2D eigenvalue weighted by atomic mass is 16.6. The minimum atomic E-state index is -0.429. The average molecular weight is 204 g/mol. The lowest BCUT2D eigenvalue weighted by Crippen LogP contribution is -2.15. The Labute approximate surface area is 88.5 Å². The summed E-state index contributed by atoms with van der Waals surface area (Å²) in [6.07, 6.45) is 6.06. The molecule has 0 aromatic heterocycles. The van der Waals surface area contributed by atoms with E-state index in [2.05, 4.69) is 11.2 Å². The van der Waals surface area contributed by atoms with Gasteiger partial charge in [0.05, 0.1) is 11.0 Å². The summed E-state index contributed by atoms with van der Waals surface area (Å²) in [5.74, 6) is 2.57. The predicted octanol–water partition coefficient (Wildman–Crippen LogP) is 2.42. The van der Waals surface area contributed by atoms with Gasteiger partial charge in [-0.1, -0.05) is 18.9 Å². The van der Waals surface area contributed by atoms with Gasteiger partial charge < -0.3 is 5.32 Å². The third-order valence-corrected chi connectivity index (χ3v) is 2.01. The normalized spacial score (nSPS) is 11.5. The van der Waals surface area contributed by atoms with E-state index >= 15 is 0 Å². The molecule has 0 spiro atoms. The minimum absolute atomic E-state index is 0.0619. The summed E-state index contributed by atoms with van der Waals surface area (Å²) in [6, 6.07) is 6.21. The summed E-state index contributed by atoms with van der Waals surface area (Å²) in [5, 5.41) is 13.5. The number of rotatable bonds is 4. The molecule has 0 heterocycles. The number of benzene rings is 1. The first-order chi connectivity index (χ1) is 7.17. The summed E-state index contributed by atoms with van der Waals surface area (Å²) in [7, 11) is 0. The van der Waals surface area contributed by atoms with Crippen LogP contribution in [0.3, 0.4) is 0 Å². The summed E-state index contributed by atoms with van der Waals surface area (Å²) >= 11 is 0. The molecule has 0 aliphatic carbocycles. The molecule has 1 unspecified atom stereocenters. The lowest BCUT2D eigenvalue weighted by Gasteiger charge is -2.11. The van der Waals surface area contributed by atoms with Gasteiger partial charge in [0.15, 0.2) is 0 Å². The number of terminal acetylenes is 1. The lowest BCUT2D eigenvalue weighted by atomic mass is 10.2. The van der Waals surface area contributed by atoms with Crippen molar-refractivity contribution in [3.63, 3.8) is 0 Å². The zero-order valence-corrected chi connectivity index (χ0v) is 8.43. The molecule has 1 rings (SSSR count). The maximum absolute atomic E-state index is 10.5. The van der Waals surface area contributed by atoms with Gasteiger partial charge in [0.25, 0.3) is 5.69 Å². The van der Waals surface area contributed by atoms with Crippen LogP contribution >= 0.6 is 0 Å². The first kappa shape index (κ1) is 11.1. The monoisotopic (exact) mass is 204 g/mol. The third-order valence-electron chi connectivity index (χ3n) is 2.01. The van der Waals surface area contributed by atoms with Crippen LogP contribution < -0.4 is 5.32 Å². The first-order valence-electron chi connectivity index (χ1n) is 4.64. The van der Waals surface area contributed by atoms with Crippen LogP contribution in [0.4, 0.5) is 11.4 Å². The molecule has 0 aliphatic heterocycles. The number of nitro benzene ring substituents is 1. The SMILES string of the molecule is C#CC(CC)Nc1cccc([N+](=O)[O-])c1. The fourth-order valence-corrected chi connectivity index (χ4v) is 1.17. The fraction of sp³-hybridized carbons (Fsp3) is 0.273. The van der Waals surface area contributed by atoms with Crippen molar-refractivity contribution in [2.75, 3.05) is 5.32 Å². The second kappa shape index (κ2) is 5.01. The Hall–Kier alpha value is -2.02. The van der Waals surface area contributed by atoms with Crippen LogP contribution in [0.1, 0.15) is 13.3 Å². The molecular weight excluding hydrogens is 192 g/mol. The van der Waals surface area contributed by atoms with Gasteiger partial charge in [0.2, 0.25) is 0 Å². The van der Waals surface area contributed by atoms with Crippen molar-refractivity contribution < 1.29 is 4.92 Å². The van der Waals surface area contributed by atoms with E-state index in [1.807, 2.05) is 6.92 Å². The molecule has 1 N–H and O–H groups in total. The molecule has 0 radical (unpaired) electrons. The second-order valence-corrected chi connectivity index (χ2v) is 3.08. The Morgan fingerprint density at radius 3 is 2.93 bits per heavy atom. The van der Waals surface area contributed by atoms with Gasteiger partial charge in [0.1, 0.15) is 0 Å². The number of nitro groups is 1. The van der Waals surface area contributed by atoms with Crippen LogP contribution in [0, 0.1) is 22.5 Å². The Bertz CT molecular complexity index is 396. The van der Waals surface area contributed by atoms with Crippen molar-refractivity contribution in [2.24, 2.45) is 0 Å². The molecule has 78 valence electrons. The van der Waals surface area contributed by atoms with Crippen molar-refractivity contribution in [1.82, 2.24) is 0 Å². The van der Waals surface area contributed by atoms with E-state index in [1.54, 1.807) is 12.1 Å². The van der Waals surface area contributed by atoms with E-state index in [1.165, 1.54) is 12.1 Å². The third kappa shape index (κ3) is 2.99. The van der Waals surface area contributed by atoms with Crippen LogP contribution in [0.5, 0.6) is 0 Å². The quantitative estimate of drug-likeness (QED) is 0.465. The van der Waals surface area contributed by atoms with Crippen molar-refractivity contribution in [3.8, 4) is 12.3 Å². The molecule has 1 aromatic rings. The number of nitrogens with one attached hydrogen (secondary N) is 1. The van der Waals surface area contributed by atoms with Crippen molar-refractivity contribution >= 4 is 11.4 Å². The number of hydrogen-bond acceptors (Lipinski definition) is 3. The Morgan fingerprint density at radius 1 is 1.67 bits per heavy atom. The van der Waals surface area contributed by atoms with E-state index in [0.29, 0.717) is 5.69 Å². The van der Waals surface area contributed by atoms with Crippen LogP contribution in [0.15, 0.2) is 24.3 Å². The van der Waals surface area contributed by atoms with E-state index in [-0.39, 0.29) is 11.7 Å². The van der Waals surface area contributed by atoms with Gasteiger partial charge >= 0.3 is 0 Å². The molecular formula is C11H12N2O2. The molecule has 1 aromatic carbocycles. The van der Waals surface area contributed by atoms with Gasteiger partial charge in [-0.2, -0.15) is 0 Å². The van der Waals surface area contributed by atoms with Crippen molar-refractivity contribution in [1.29, 1.82) is 0 Å². The predicted molar refractivity (Wildman–Crippen MR) is 59.6 cm³/mol. The highest BCUT2D eigenvalue weighted by Crippen LogP contribution is 2.17. The van der Waals surface area contributed by atoms with Crippen molar-refractivity contribution in [3.05, 3.63) is 34.4 Å². The molecule has 0 saturated heterocycles. The van der Waals surface area contributed by atoms with E-state index in [9.17, 15) is 10.1 Å². The molecule has 0 aliphatic rings. The molecule has 0 saturated carbocycles. The number of anilines is 1. The standard InChI is InChI=1S/C11H12N2O2/c1-3-9(4-2)12-10-6-5-7-11(8-10)13(14)15/h1,5-9,12H,4H2,2H3. The van der Waals surface area contributed by atoms with Gasteiger partial charge in [-0.25, -0.2) is 0 Å². The maximum atomic E-state index is 10.5. The molecule has 0 fully saturated rings. The summed E-state index contributed by atoms with van der Waals surface area (Å²) in [5.41, 5.74) is 0.737. The highest BCUT2D eigenvalue weighted by molar-refractivity contribution is 5.52. The van der Waals surface area contributed by atoms with Crippen molar-refractivity contribution in [2.45, 2.75) is 19.4 Å². The zero-order valence-electron chi connectivity index (χ0n) is 8.43. The molecule has 1 atom stereocenters. The van der Waals surface area contributed by atoms with Crippen LogP contribution in [-0.4, -0.2) is 11.0 Å². The molecule has 4 nitrogen and oxygen atoms in total. The van der Waals surface area contributed by atoms with E-state index < -0.39 is 4.92 Å². The smallest absolute Gasteiger partial charge is 0.271 e. The maximum Gasteiger partial charge on any atom is 0.271 e. The second-order valence-electron chi connectivity index (χ2n) is 3.08. The fourth-order valence-electron chi connectivity index (χ4n) is 1.17. The first-order valence-corrected chi connectivity index (χ1v) is 4.64. The number of nitrogens with zero attached hydrogens (tertiary/aromatic N) is 1. The lowest BCUT2D eigenvalue weighted by molar-refractivity contribution is -0.384. The van der Waals surface area contributed by atoms with Gasteiger partial charge in [-0.05, 0) is 12.5 Å². The topological polar surface area (TPSA) is 55.2 Å². The number of hydrogen-bond donors (Lipinski definition) is 1. The van der Waals surface area contributed by atoms with Crippen LogP contribution in [-0.2, 0) is 0 Å². The minimum Gasteiger partial charge on any atom is -0.371 e. The Morgan fingerprint density at radius 2 is 2.40 bits per heavy atom. The largest absolute Gasteiger partial charge is 0.371 e. The van der Waals surface area contributed by atoms with Crippen LogP contribution in [0.2, 0.25) is 0 Å². The molecule has 15 heavy (non-hydrogen) atoms. The summed E-state index contributed by atoms with van der Waals surface area (Å²) in [6.45, 7) is 1.95. The Kier molecular flexibility index (Phi) is 3.69. The van der Waals surface area contributed by atoms with E-state index in [4.69, 9.17) is 6.42 Å². The number of non-ortho nitro benzene ring substituents is 1. The van der Waals surface area contributed by atoms with Gasteiger partial charge in [0, 0.05) is 17.8 Å². The Balaban J connectivity index is 2.83. The summed E-state index contributed by atoms with van der Waals surface area (Å²) < 4.78 is 0. The average Bonchev–Trinajstić information content (AvgIpc) is 2.26. The van der Waals surface area contributed by atoms with Crippen LogP contribution in [0.25, 0.3) is 0 Å². The molecule has 0 amide bonds. The van der Waals surface area contributed by atoms with Gasteiger partial charge in [-0.3, -0.25) is 10.1 Å². The zero-order chi connectivity index (χ0) is 11.3. The van der Waals surface area contributed by atoms with Gasteiger partial charge in [-0.15, -0.1) is 6.42 Å². The molecule has 4 heteroatoms. The highest BCUT2D eigenvalue weighted by Gasteiger charge is 2.07.